The van der Waals surface area contributed by atoms with Crippen LogP contribution >= 0.6 is 0 Å². The average Bonchev–Trinajstić information content (AvgIpc) is 4.16. The largest absolute Gasteiger partial charge is 0.497 e. The Balaban J connectivity index is 1.20. The van der Waals surface area contributed by atoms with Gasteiger partial charge in [0, 0.05) is 46.5 Å². The Labute approximate surface area is 348 Å². The lowest BCUT2D eigenvalue weighted by Crippen LogP contribution is -2.58. The van der Waals surface area contributed by atoms with E-state index in [4.69, 9.17) is 23.9 Å². The molecule has 2 heterocycles. The van der Waals surface area contributed by atoms with Crippen molar-refractivity contribution in [1.82, 2.24) is 19.9 Å². The van der Waals surface area contributed by atoms with Crippen molar-refractivity contribution < 1.29 is 46.5 Å². The van der Waals surface area contributed by atoms with Crippen LogP contribution in [0.15, 0.2) is 91.5 Å². The predicted molar refractivity (Wildman–Crippen MR) is 224 cm³/mol. The molecular formula is C44H49N5O10S. The summed E-state index contributed by atoms with van der Waals surface area (Å²) in [7, 11) is -0.857. The van der Waals surface area contributed by atoms with Crippen LogP contribution in [0, 0.1) is 11.3 Å². The summed E-state index contributed by atoms with van der Waals surface area (Å²) < 4.78 is 51.0. The Kier molecular flexibility index (Phi) is 11.5. The number of amides is 4. The van der Waals surface area contributed by atoms with Gasteiger partial charge in [0.25, 0.3) is 11.8 Å². The van der Waals surface area contributed by atoms with Crippen LogP contribution in [0.5, 0.6) is 17.2 Å². The van der Waals surface area contributed by atoms with Gasteiger partial charge in [-0.25, -0.2) is 18.2 Å². The molecular weight excluding hydrogens is 791 g/mol. The van der Waals surface area contributed by atoms with E-state index in [-0.39, 0.29) is 19.4 Å². The number of nitrogens with zero attached hydrogens (tertiary/aromatic N) is 2. The highest BCUT2D eigenvalue weighted by molar-refractivity contribution is 7.91. The first-order chi connectivity index (χ1) is 28.5. The van der Waals surface area contributed by atoms with Crippen LogP contribution in [0.4, 0.5) is 10.5 Å². The van der Waals surface area contributed by atoms with Crippen molar-refractivity contribution in [2.75, 3.05) is 26.1 Å². The van der Waals surface area contributed by atoms with Crippen LogP contribution in [-0.4, -0.2) is 91.9 Å². The summed E-state index contributed by atoms with van der Waals surface area (Å²) in [6.07, 6.45) is -0.590. The van der Waals surface area contributed by atoms with Gasteiger partial charge in [-0.2, -0.15) is 0 Å². The zero-order valence-corrected chi connectivity index (χ0v) is 34.9. The highest BCUT2D eigenvalue weighted by Crippen LogP contribution is 2.46. The van der Waals surface area contributed by atoms with Gasteiger partial charge in [-0.1, -0.05) is 57.2 Å². The first-order valence-corrected chi connectivity index (χ1v) is 21.2. The van der Waals surface area contributed by atoms with Gasteiger partial charge < -0.3 is 29.2 Å². The number of hydrogen-bond donors (Lipinski definition) is 3. The van der Waals surface area contributed by atoms with E-state index in [1.54, 1.807) is 70.3 Å². The number of anilines is 1. The van der Waals surface area contributed by atoms with Crippen LogP contribution in [0.1, 0.15) is 46.5 Å². The van der Waals surface area contributed by atoms with Gasteiger partial charge >= 0.3 is 6.09 Å². The zero-order chi connectivity index (χ0) is 43.0. The number of methoxy groups -OCH3 is 2. The molecule has 7 rings (SSSR count). The van der Waals surface area contributed by atoms with Crippen molar-refractivity contribution in [3.05, 3.63) is 91.5 Å². The topological polar surface area (TPSA) is 192 Å². The van der Waals surface area contributed by atoms with Crippen molar-refractivity contribution in [3.8, 4) is 28.5 Å². The number of pyridine rings is 1. The number of nitrogens with one attached hydrogen (secondary N) is 3. The molecule has 0 spiro atoms. The maximum Gasteiger partial charge on any atom is 0.412 e. The minimum atomic E-state index is -3.94. The summed E-state index contributed by atoms with van der Waals surface area (Å²) in [6.45, 7) is 8.89. The van der Waals surface area contributed by atoms with Crippen LogP contribution < -0.4 is 29.6 Å². The molecule has 4 aromatic rings. The maximum absolute atomic E-state index is 14.8. The fraction of sp³-hybridized carbons (Fsp3) is 0.386. The predicted octanol–water partition coefficient (Wildman–Crippen LogP) is 5.60. The molecule has 3 fully saturated rings. The van der Waals surface area contributed by atoms with Gasteiger partial charge in [0.2, 0.25) is 15.9 Å². The molecule has 2 aliphatic carbocycles. The molecule has 1 aliphatic heterocycles. The zero-order valence-electron chi connectivity index (χ0n) is 34.1. The van der Waals surface area contributed by atoms with Crippen molar-refractivity contribution in [3.63, 3.8) is 0 Å². The summed E-state index contributed by atoms with van der Waals surface area (Å²) in [6, 6.07) is 22.0. The number of ether oxygens (including phenoxy) is 4. The Morgan fingerprint density at radius 2 is 1.63 bits per heavy atom. The Morgan fingerprint density at radius 1 is 0.950 bits per heavy atom. The van der Waals surface area contributed by atoms with E-state index in [2.05, 4.69) is 21.9 Å². The number of benzene rings is 3. The number of sulfonamides is 1. The van der Waals surface area contributed by atoms with E-state index in [1.165, 1.54) is 18.1 Å². The standard InChI is InChI=1S/C44H49N5O10S/c1-7-27-24-44(27,41(52)48-60(54,55)32-18-19-32)47-39(50)36-22-31(58-37-23-34(26-11-9-8-10-12-26)46-35-21-30(57-6)17-20-33(35)37)25-49(36)40(51)38(43(2,3)4)59-42(53)45-28-13-15-29(56-5)16-14-28/h7-17,20-21,23,27,31-32,36,38H,1,18-19,22,24-25H2,2-6H3,(H,45,53)(H,47,50)(H,48,52)/t27-,31?,36-,38+,44+/m0/s1. The second-order valence-corrected chi connectivity index (χ2v) is 18.4. The molecule has 1 aromatic heterocycles. The van der Waals surface area contributed by atoms with Crippen molar-refractivity contribution in [2.24, 2.45) is 11.3 Å². The summed E-state index contributed by atoms with van der Waals surface area (Å²) in [5, 5.41) is 5.44. The second-order valence-electron chi connectivity index (χ2n) is 16.4. The van der Waals surface area contributed by atoms with Crippen LogP contribution in [0.2, 0.25) is 0 Å². The molecule has 16 heteroatoms. The second kappa shape index (κ2) is 16.5. The number of hydrogen-bond acceptors (Lipinski definition) is 11. The third-order valence-corrected chi connectivity index (χ3v) is 12.8. The van der Waals surface area contributed by atoms with Crippen molar-refractivity contribution >= 4 is 50.4 Å². The monoisotopic (exact) mass is 839 g/mol. The molecule has 15 nitrogen and oxygen atoms in total. The summed E-state index contributed by atoms with van der Waals surface area (Å²) >= 11 is 0. The van der Waals surface area contributed by atoms with E-state index in [0.29, 0.717) is 52.4 Å². The lowest BCUT2D eigenvalue weighted by atomic mass is 9.88. The number of carbonyl (C=O) groups is 4. The van der Waals surface area contributed by atoms with E-state index in [0.717, 1.165) is 5.56 Å². The Morgan fingerprint density at radius 3 is 2.25 bits per heavy atom. The molecule has 1 unspecified atom stereocenters. The molecule has 60 heavy (non-hydrogen) atoms. The molecule has 316 valence electrons. The number of carbonyl (C=O) groups excluding carboxylic acids is 4. The van der Waals surface area contributed by atoms with E-state index < -0.39 is 74.2 Å². The number of fused-ring (bicyclic) bond motifs is 1. The molecule has 5 atom stereocenters. The summed E-state index contributed by atoms with van der Waals surface area (Å²) in [5.74, 6) is -1.19. The molecule has 2 saturated carbocycles. The lowest BCUT2D eigenvalue weighted by molar-refractivity contribution is -0.150. The van der Waals surface area contributed by atoms with Crippen molar-refractivity contribution in [2.45, 2.75) is 75.5 Å². The van der Waals surface area contributed by atoms with Gasteiger partial charge in [-0.15, -0.1) is 6.58 Å². The molecule has 3 aliphatic rings. The molecule has 4 amide bonds. The van der Waals surface area contributed by atoms with E-state index in [1.807, 2.05) is 36.4 Å². The molecule has 1 saturated heterocycles. The number of aromatic nitrogens is 1. The number of likely N-dealkylation sites (tertiary alicyclic amines) is 1. The Hall–Kier alpha value is -6.16. The summed E-state index contributed by atoms with van der Waals surface area (Å²) in [4.78, 5) is 62.4. The fourth-order valence-electron chi connectivity index (χ4n) is 7.41. The smallest absolute Gasteiger partial charge is 0.412 e. The van der Waals surface area contributed by atoms with E-state index in [9.17, 15) is 27.6 Å². The quantitative estimate of drug-likeness (QED) is 0.134. The highest BCUT2D eigenvalue weighted by Gasteiger charge is 2.62. The first-order valence-electron chi connectivity index (χ1n) is 19.7. The molecule has 0 radical (unpaired) electrons. The maximum atomic E-state index is 14.8. The molecule has 0 bridgehead atoms. The Bertz CT molecular complexity index is 2420. The molecule has 3 aromatic carbocycles. The third-order valence-electron chi connectivity index (χ3n) is 11.0. The van der Waals surface area contributed by atoms with Crippen molar-refractivity contribution in [1.29, 1.82) is 0 Å². The van der Waals surface area contributed by atoms with Gasteiger partial charge in [0.05, 0.1) is 37.2 Å². The van der Waals surface area contributed by atoms with Gasteiger partial charge in [-0.3, -0.25) is 24.4 Å². The fourth-order valence-corrected chi connectivity index (χ4v) is 8.77. The summed E-state index contributed by atoms with van der Waals surface area (Å²) in [5.41, 5.74) is -0.112. The van der Waals surface area contributed by atoms with Crippen LogP contribution in [-0.2, 0) is 29.1 Å². The lowest BCUT2D eigenvalue weighted by Gasteiger charge is -2.34. The molecule has 3 N–H and O–H groups in total. The number of rotatable bonds is 14. The minimum absolute atomic E-state index is 0.0239. The minimum Gasteiger partial charge on any atom is -0.497 e. The van der Waals surface area contributed by atoms with Gasteiger partial charge in [0.15, 0.2) is 6.10 Å². The first kappa shape index (κ1) is 42.0. The van der Waals surface area contributed by atoms with Crippen LogP contribution in [0.3, 0.4) is 0 Å². The highest BCUT2D eigenvalue weighted by atomic mass is 32.2. The third kappa shape index (κ3) is 8.88. The normalized spacial score (nSPS) is 21.6. The van der Waals surface area contributed by atoms with Gasteiger partial charge in [0.1, 0.15) is 34.9 Å². The van der Waals surface area contributed by atoms with Gasteiger partial charge in [-0.05, 0) is 55.7 Å². The van der Waals surface area contributed by atoms with E-state index >= 15 is 0 Å². The average molecular weight is 840 g/mol. The SMILES string of the molecule is C=C[C@H]1C[C@]1(NC(=O)[C@@H]1CC(Oc2cc(-c3ccccc3)nc3cc(OC)ccc23)CN1C(=O)[C@@H](OC(=O)Nc1ccc(OC)cc1)C(C)(C)C)C(=O)NS(=O)(=O)C1CC1. The van der Waals surface area contributed by atoms with Crippen LogP contribution in [0.25, 0.3) is 22.2 Å².